The summed E-state index contributed by atoms with van der Waals surface area (Å²) in [4.78, 5) is 0. The van der Waals surface area contributed by atoms with Crippen LogP contribution in [0.1, 0.15) is 0 Å². The maximum Gasteiger partial charge on any atom is 0.136 e. The molecule has 0 fully saturated rings. The summed E-state index contributed by atoms with van der Waals surface area (Å²) in [5.74, 6) is -0.357. The summed E-state index contributed by atoms with van der Waals surface area (Å²) in [6, 6.07) is 17.8. The molecule has 0 aliphatic heterocycles. The van der Waals surface area contributed by atoms with Gasteiger partial charge in [-0.3, -0.25) is 0 Å². The van der Waals surface area contributed by atoms with Crippen LogP contribution in [0.5, 0.6) is 0 Å². The van der Waals surface area contributed by atoms with Crippen LogP contribution < -0.4 is 15.8 Å². The van der Waals surface area contributed by atoms with E-state index in [9.17, 15) is 9.65 Å². The lowest BCUT2D eigenvalue weighted by Gasteiger charge is -2.04. The van der Waals surface area contributed by atoms with E-state index in [0.29, 0.717) is 16.1 Å². The zero-order valence-corrected chi connectivity index (χ0v) is 11.3. The van der Waals surface area contributed by atoms with E-state index in [0.717, 1.165) is 0 Å². The summed E-state index contributed by atoms with van der Waals surface area (Å²) < 4.78 is 12.9. The molecule has 0 aromatic heterocycles. The minimum absolute atomic E-state index is 0.0107. The number of nitriles is 3. The molecule has 0 saturated carbocycles. The van der Waals surface area contributed by atoms with Crippen molar-refractivity contribution < 1.29 is 4.39 Å². The van der Waals surface area contributed by atoms with Crippen molar-refractivity contribution in [3.05, 3.63) is 64.8 Å². The van der Waals surface area contributed by atoms with E-state index in [1.807, 2.05) is 18.2 Å². The number of benzene rings is 2. The summed E-state index contributed by atoms with van der Waals surface area (Å²) in [5.41, 5.74) is 0.883. The smallest absolute Gasteiger partial charge is 0.136 e. The molecule has 2 aromatic rings. The third-order valence-electron chi connectivity index (χ3n) is 2.91. The highest BCUT2D eigenvalue weighted by molar-refractivity contribution is 5.74. The topological polar surface area (TPSA) is 83.4 Å². The Morgan fingerprint density at radius 1 is 0.773 bits per heavy atom. The average molecular weight is 288 g/mol. The molecule has 0 spiro atoms. The SMILES string of the molecule is N#CC(C#N)=c1ccc(=C(C#N)Nc2ccc(F)cc2)cc1. The van der Waals surface area contributed by atoms with Crippen molar-refractivity contribution in [1.82, 2.24) is 0 Å². The summed E-state index contributed by atoms with van der Waals surface area (Å²) in [7, 11) is 0. The summed E-state index contributed by atoms with van der Waals surface area (Å²) in [6.45, 7) is 0. The maximum atomic E-state index is 12.9. The van der Waals surface area contributed by atoms with Crippen molar-refractivity contribution in [1.29, 1.82) is 15.8 Å². The van der Waals surface area contributed by atoms with Gasteiger partial charge in [0.2, 0.25) is 0 Å². The van der Waals surface area contributed by atoms with Crippen LogP contribution in [0, 0.1) is 39.8 Å². The Morgan fingerprint density at radius 3 is 1.82 bits per heavy atom. The molecule has 0 unspecified atom stereocenters. The predicted octanol–water partition coefficient (Wildman–Crippen LogP) is 1.77. The Hall–Kier alpha value is -3.62. The van der Waals surface area contributed by atoms with E-state index >= 15 is 0 Å². The summed E-state index contributed by atoms with van der Waals surface area (Å²) >= 11 is 0. The fraction of sp³-hybridized carbons (Fsp3) is 0. The first-order valence-electron chi connectivity index (χ1n) is 6.25. The van der Waals surface area contributed by atoms with Crippen molar-refractivity contribution in [3.63, 3.8) is 0 Å². The molecule has 104 valence electrons. The van der Waals surface area contributed by atoms with E-state index in [-0.39, 0.29) is 17.1 Å². The van der Waals surface area contributed by atoms with E-state index in [1.165, 1.54) is 24.3 Å². The monoisotopic (exact) mass is 288 g/mol. The molecule has 0 bridgehead atoms. The quantitative estimate of drug-likeness (QED) is 0.912. The molecule has 2 rings (SSSR count). The molecule has 0 heterocycles. The first kappa shape index (κ1) is 14.8. The Kier molecular flexibility index (Phi) is 4.50. The Bertz CT molecular complexity index is 899. The molecule has 22 heavy (non-hydrogen) atoms. The molecule has 0 aliphatic carbocycles. The third-order valence-corrected chi connectivity index (χ3v) is 2.91. The number of halogens is 1. The van der Waals surface area contributed by atoms with Gasteiger partial charge < -0.3 is 5.32 Å². The van der Waals surface area contributed by atoms with Gasteiger partial charge in [0.15, 0.2) is 0 Å². The highest BCUT2D eigenvalue weighted by Gasteiger charge is 2.00. The standard InChI is InChI=1S/C17H9FN4/c18-15-5-7-16(8-6-15)22-17(11-21)13-3-1-12(2-4-13)14(9-19)10-20/h1-8,22H. The number of rotatable bonds is 2. The van der Waals surface area contributed by atoms with Gasteiger partial charge in [-0.15, -0.1) is 0 Å². The molecule has 0 radical (unpaired) electrons. The lowest BCUT2D eigenvalue weighted by atomic mass is 10.1. The summed E-state index contributed by atoms with van der Waals surface area (Å²) in [5, 5.41) is 30.9. The van der Waals surface area contributed by atoms with E-state index < -0.39 is 0 Å². The van der Waals surface area contributed by atoms with Crippen molar-refractivity contribution in [2.45, 2.75) is 0 Å². The van der Waals surface area contributed by atoms with Gasteiger partial charge in [-0.2, -0.15) is 15.8 Å². The molecule has 5 heteroatoms. The second kappa shape index (κ2) is 6.70. The second-order valence-corrected chi connectivity index (χ2v) is 4.29. The number of nitrogens with one attached hydrogen (secondary N) is 1. The average Bonchev–Trinajstić information content (AvgIpc) is 2.56. The van der Waals surface area contributed by atoms with Crippen molar-refractivity contribution >= 4 is 17.0 Å². The fourth-order valence-electron chi connectivity index (χ4n) is 1.80. The summed E-state index contributed by atoms with van der Waals surface area (Å²) in [6.07, 6.45) is 0. The van der Waals surface area contributed by atoms with Gasteiger partial charge in [0.25, 0.3) is 0 Å². The van der Waals surface area contributed by atoms with Crippen LogP contribution in [0.3, 0.4) is 0 Å². The molecule has 0 atom stereocenters. The van der Waals surface area contributed by atoms with Crippen LogP contribution >= 0.6 is 0 Å². The van der Waals surface area contributed by atoms with Gasteiger partial charge in [0.1, 0.15) is 35.3 Å². The first-order chi connectivity index (χ1) is 10.7. The van der Waals surface area contributed by atoms with Crippen LogP contribution in [0.4, 0.5) is 10.1 Å². The number of nitrogens with zero attached hydrogens (tertiary/aromatic N) is 3. The van der Waals surface area contributed by atoms with Crippen LogP contribution in [0.25, 0.3) is 11.3 Å². The number of hydrogen-bond donors (Lipinski definition) is 1. The van der Waals surface area contributed by atoms with Crippen LogP contribution in [0.2, 0.25) is 0 Å². The highest BCUT2D eigenvalue weighted by atomic mass is 19.1. The molecule has 0 saturated heterocycles. The van der Waals surface area contributed by atoms with Gasteiger partial charge >= 0.3 is 0 Å². The maximum absolute atomic E-state index is 12.9. The van der Waals surface area contributed by atoms with Crippen LogP contribution in [0.15, 0.2) is 48.5 Å². The predicted molar refractivity (Wildman–Crippen MR) is 79.4 cm³/mol. The second-order valence-electron chi connectivity index (χ2n) is 4.29. The molecule has 2 aromatic carbocycles. The van der Waals surface area contributed by atoms with Gasteiger partial charge in [-0.05, 0) is 24.3 Å². The number of anilines is 1. The minimum atomic E-state index is -0.357. The normalized spacial score (nSPS) is 9.00. The zero-order chi connectivity index (χ0) is 15.9. The van der Waals surface area contributed by atoms with Crippen LogP contribution in [-0.2, 0) is 0 Å². The molecule has 0 aliphatic rings. The van der Waals surface area contributed by atoms with Gasteiger partial charge in [-0.1, -0.05) is 24.3 Å². The third kappa shape index (κ3) is 3.28. The first-order valence-corrected chi connectivity index (χ1v) is 6.25. The molecular weight excluding hydrogens is 279 g/mol. The van der Waals surface area contributed by atoms with E-state index in [2.05, 4.69) is 5.32 Å². The zero-order valence-electron chi connectivity index (χ0n) is 11.3. The molecule has 0 amide bonds. The number of hydrogen-bond acceptors (Lipinski definition) is 4. The Morgan fingerprint density at radius 2 is 1.32 bits per heavy atom. The lowest BCUT2D eigenvalue weighted by molar-refractivity contribution is 0.628. The van der Waals surface area contributed by atoms with Crippen molar-refractivity contribution in [2.24, 2.45) is 0 Å². The van der Waals surface area contributed by atoms with Crippen molar-refractivity contribution in [2.75, 3.05) is 5.32 Å². The molecule has 1 N–H and O–H groups in total. The lowest BCUT2D eigenvalue weighted by Crippen LogP contribution is -2.15. The van der Waals surface area contributed by atoms with Gasteiger partial charge in [0.05, 0.1) is 0 Å². The Balaban J connectivity index is 2.46. The molecular formula is C17H9FN4. The van der Waals surface area contributed by atoms with E-state index in [4.69, 9.17) is 10.5 Å². The highest BCUT2D eigenvalue weighted by Crippen LogP contribution is 2.10. The van der Waals surface area contributed by atoms with Gasteiger partial charge in [0, 0.05) is 16.1 Å². The minimum Gasteiger partial charge on any atom is -0.346 e. The van der Waals surface area contributed by atoms with Crippen molar-refractivity contribution in [3.8, 4) is 18.2 Å². The fourth-order valence-corrected chi connectivity index (χ4v) is 1.80. The largest absolute Gasteiger partial charge is 0.346 e. The van der Waals surface area contributed by atoms with E-state index in [1.54, 1.807) is 24.3 Å². The van der Waals surface area contributed by atoms with Crippen LogP contribution in [-0.4, -0.2) is 0 Å². The Labute approximate surface area is 126 Å². The molecule has 4 nitrogen and oxygen atoms in total. The van der Waals surface area contributed by atoms with Gasteiger partial charge in [-0.25, -0.2) is 4.39 Å².